The summed E-state index contributed by atoms with van der Waals surface area (Å²) in [5.74, 6) is -1.18. The van der Waals surface area contributed by atoms with Crippen LogP contribution < -0.4 is 5.32 Å². The van der Waals surface area contributed by atoms with Crippen molar-refractivity contribution in [2.45, 2.75) is 6.04 Å². The van der Waals surface area contributed by atoms with E-state index in [2.05, 4.69) is 15.3 Å². The molecule has 5 rings (SSSR count). The molecule has 1 atom stereocenters. The average Bonchev–Trinajstić information content (AvgIpc) is 2.96. The fourth-order valence-corrected chi connectivity index (χ4v) is 3.62. The van der Waals surface area contributed by atoms with Crippen molar-refractivity contribution in [3.05, 3.63) is 83.7 Å². The quantitative estimate of drug-likeness (QED) is 0.513. The van der Waals surface area contributed by atoms with Crippen molar-refractivity contribution in [2.24, 2.45) is 0 Å². The Bertz CT molecular complexity index is 1100. The van der Waals surface area contributed by atoms with Gasteiger partial charge in [0.15, 0.2) is 0 Å². The van der Waals surface area contributed by atoms with E-state index in [-0.39, 0.29) is 6.04 Å². The zero-order valence-electron chi connectivity index (χ0n) is 13.1. The topological polar surface area (TPSA) is 40.7 Å². The standard InChI is InChI=1S/C20H13F2N3/c21-12-7-11(8-13(22)9-12)19-16-10-24-20-18(16)15(5-6-23-20)14-3-1-2-4-17(14)25-19/h1-10,19,25H,(H,23,24). The Labute approximate surface area is 142 Å². The van der Waals surface area contributed by atoms with Gasteiger partial charge in [-0.2, -0.15) is 0 Å². The first-order valence-corrected chi connectivity index (χ1v) is 7.98. The zero-order chi connectivity index (χ0) is 17.0. The smallest absolute Gasteiger partial charge is 0.138 e. The number of hydrogen-bond donors (Lipinski definition) is 2. The van der Waals surface area contributed by atoms with E-state index in [1.807, 2.05) is 36.5 Å². The molecule has 0 amide bonds. The Kier molecular flexibility index (Phi) is 2.91. The lowest BCUT2D eigenvalue weighted by molar-refractivity contribution is 0.578. The molecule has 1 aliphatic rings. The minimum absolute atomic E-state index is 0.384. The number of pyridine rings is 1. The highest BCUT2D eigenvalue weighted by Gasteiger charge is 2.26. The van der Waals surface area contributed by atoms with Gasteiger partial charge in [0, 0.05) is 40.7 Å². The predicted molar refractivity (Wildman–Crippen MR) is 93.4 cm³/mol. The Morgan fingerprint density at radius 1 is 0.920 bits per heavy atom. The molecule has 0 fully saturated rings. The third-order valence-electron chi connectivity index (χ3n) is 4.65. The number of anilines is 1. The van der Waals surface area contributed by atoms with Crippen molar-refractivity contribution in [2.75, 3.05) is 5.32 Å². The number of fused-ring (bicyclic) bond motifs is 2. The van der Waals surface area contributed by atoms with Crippen LogP contribution >= 0.6 is 0 Å². The molecule has 2 aromatic heterocycles. The summed E-state index contributed by atoms with van der Waals surface area (Å²) in [6.07, 6.45) is 3.62. The lowest BCUT2D eigenvalue weighted by atomic mass is 9.97. The van der Waals surface area contributed by atoms with E-state index in [1.54, 1.807) is 6.20 Å². The van der Waals surface area contributed by atoms with Gasteiger partial charge in [-0.15, -0.1) is 0 Å². The van der Waals surface area contributed by atoms with E-state index in [1.165, 1.54) is 12.1 Å². The number of aromatic amines is 1. The largest absolute Gasteiger partial charge is 0.374 e. The maximum absolute atomic E-state index is 13.8. The van der Waals surface area contributed by atoms with Crippen molar-refractivity contribution in [3.63, 3.8) is 0 Å². The number of benzene rings is 2. The van der Waals surface area contributed by atoms with E-state index >= 15 is 0 Å². The molecule has 5 heteroatoms. The number of aromatic nitrogens is 2. The maximum atomic E-state index is 13.8. The van der Waals surface area contributed by atoms with E-state index < -0.39 is 11.6 Å². The van der Waals surface area contributed by atoms with Crippen LogP contribution in [0.4, 0.5) is 14.5 Å². The summed E-state index contributed by atoms with van der Waals surface area (Å²) in [7, 11) is 0. The van der Waals surface area contributed by atoms with Crippen molar-refractivity contribution in [1.82, 2.24) is 9.97 Å². The molecule has 3 nitrogen and oxygen atoms in total. The molecule has 3 heterocycles. The number of nitrogens with zero attached hydrogens (tertiary/aromatic N) is 1. The van der Waals surface area contributed by atoms with Crippen molar-refractivity contribution in [1.29, 1.82) is 0 Å². The maximum Gasteiger partial charge on any atom is 0.138 e. The third-order valence-corrected chi connectivity index (χ3v) is 4.65. The number of hydrogen-bond acceptors (Lipinski definition) is 2. The minimum atomic E-state index is -0.590. The Hall–Kier alpha value is -3.21. The molecule has 0 saturated carbocycles. The highest BCUT2D eigenvalue weighted by atomic mass is 19.1. The third kappa shape index (κ3) is 2.12. The van der Waals surface area contributed by atoms with E-state index in [0.29, 0.717) is 5.56 Å². The Morgan fingerprint density at radius 2 is 1.72 bits per heavy atom. The number of halogens is 2. The van der Waals surface area contributed by atoms with Gasteiger partial charge in [-0.1, -0.05) is 18.2 Å². The Balaban J connectivity index is 1.84. The van der Waals surface area contributed by atoms with E-state index in [0.717, 1.165) is 39.5 Å². The molecule has 0 bridgehead atoms. The van der Waals surface area contributed by atoms with Crippen molar-refractivity contribution < 1.29 is 8.78 Å². The van der Waals surface area contributed by atoms with Crippen LogP contribution in [0.2, 0.25) is 0 Å². The predicted octanol–water partition coefficient (Wildman–Crippen LogP) is 5.02. The van der Waals surface area contributed by atoms with Gasteiger partial charge in [0.25, 0.3) is 0 Å². The van der Waals surface area contributed by atoms with Crippen LogP contribution in [0.1, 0.15) is 17.2 Å². The first kappa shape index (κ1) is 14.2. The Morgan fingerprint density at radius 3 is 2.56 bits per heavy atom. The van der Waals surface area contributed by atoms with Crippen LogP contribution in [0, 0.1) is 11.6 Å². The van der Waals surface area contributed by atoms with Crippen LogP contribution in [0.3, 0.4) is 0 Å². The second-order valence-corrected chi connectivity index (χ2v) is 6.15. The number of H-pyrrole nitrogens is 1. The molecular formula is C20H13F2N3. The van der Waals surface area contributed by atoms with Crippen LogP contribution in [0.15, 0.2) is 60.9 Å². The van der Waals surface area contributed by atoms with Gasteiger partial charge in [0.05, 0.1) is 6.04 Å². The number of nitrogens with one attached hydrogen (secondary N) is 2. The van der Waals surface area contributed by atoms with Gasteiger partial charge < -0.3 is 10.3 Å². The van der Waals surface area contributed by atoms with Crippen LogP contribution in [0.25, 0.3) is 22.2 Å². The molecule has 2 N–H and O–H groups in total. The molecule has 2 aromatic carbocycles. The molecule has 1 unspecified atom stereocenters. The average molecular weight is 333 g/mol. The van der Waals surface area contributed by atoms with Gasteiger partial charge >= 0.3 is 0 Å². The molecule has 122 valence electrons. The van der Waals surface area contributed by atoms with Gasteiger partial charge in [-0.05, 0) is 35.4 Å². The molecule has 4 aromatic rings. The van der Waals surface area contributed by atoms with Gasteiger partial charge in [-0.3, -0.25) is 0 Å². The highest BCUT2D eigenvalue weighted by molar-refractivity contribution is 6.01. The SMILES string of the molecule is Fc1cc(F)cc(C2Nc3ccccc3-c3ccnc4[nH]cc2c34)c1. The van der Waals surface area contributed by atoms with Gasteiger partial charge in [0.2, 0.25) is 0 Å². The summed E-state index contributed by atoms with van der Waals surface area (Å²) in [4.78, 5) is 7.56. The van der Waals surface area contributed by atoms with Gasteiger partial charge in [-0.25, -0.2) is 13.8 Å². The first-order valence-electron chi connectivity index (χ1n) is 7.98. The molecule has 0 spiro atoms. The molecule has 1 aliphatic heterocycles. The zero-order valence-corrected chi connectivity index (χ0v) is 13.1. The fraction of sp³-hybridized carbons (Fsp3) is 0.0500. The summed E-state index contributed by atoms with van der Waals surface area (Å²) in [5, 5.41) is 4.41. The summed E-state index contributed by atoms with van der Waals surface area (Å²) >= 11 is 0. The molecular weight excluding hydrogens is 320 g/mol. The number of para-hydroxylation sites is 1. The second kappa shape index (κ2) is 5.14. The summed E-state index contributed by atoms with van der Waals surface area (Å²) in [5.41, 5.74) is 5.21. The van der Waals surface area contributed by atoms with Crippen LogP contribution in [0.5, 0.6) is 0 Å². The van der Waals surface area contributed by atoms with Crippen molar-refractivity contribution >= 4 is 16.7 Å². The first-order chi connectivity index (χ1) is 12.2. The lowest BCUT2D eigenvalue weighted by Gasteiger charge is -2.19. The van der Waals surface area contributed by atoms with E-state index in [4.69, 9.17) is 0 Å². The number of rotatable bonds is 1. The summed E-state index contributed by atoms with van der Waals surface area (Å²) in [6.45, 7) is 0. The molecule has 0 saturated heterocycles. The lowest BCUT2D eigenvalue weighted by Crippen LogP contribution is -2.12. The van der Waals surface area contributed by atoms with Crippen LogP contribution in [-0.4, -0.2) is 9.97 Å². The monoisotopic (exact) mass is 333 g/mol. The van der Waals surface area contributed by atoms with E-state index in [9.17, 15) is 8.78 Å². The molecule has 0 aliphatic carbocycles. The highest BCUT2D eigenvalue weighted by Crippen LogP contribution is 2.43. The van der Waals surface area contributed by atoms with Crippen molar-refractivity contribution in [3.8, 4) is 11.1 Å². The second-order valence-electron chi connectivity index (χ2n) is 6.15. The fourth-order valence-electron chi connectivity index (χ4n) is 3.62. The molecule has 0 radical (unpaired) electrons. The molecule has 25 heavy (non-hydrogen) atoms. The van der Waals surface area contributed by atoms with Crippen LogP contribution in [-0.2, 0) is 0 Å². The minimum Gasteiger partial charge on any atom is -0.374 e. The van der Waals surface area contributed by atoms with Gasteiger partial charge in [0.1, 0.15) is 17.3 Å². The summed E-state index contributed by atoms with van der Waals surface area (Å²) < 4.78 is 27.6. The summed E-state index contributed by atoms with van der Waals surface area (Å²) in [6, 6.07) is 13.1. The normalized spacial score (nSPS) is 15.5.